The van der Waals surface area contributed by atoms with Crippen molar-refractivity contribution in [1.29, 1.82) is 0 Å². The molecule has 1 N–H and O–H groups in total. The molecular weight excluding hydrogens is 300 g/mol. The molecule has 1 heterocycles. The number of aromatic nitrogens is 1. The number of hydrogen-bond donors (Lipinski definition) is 1. The maximum Gasteiger partial charge on any atom is 0.432 e. The Morgan fingerprint density at radius 1 is 1.23 bits per heavy atom. The molecule has 0 radical (unpaired) electrons. The van der Waals surface area contributed by atoms with E-state index < -0.39 is 6.09 Å². The molecule has 112 valence electrons. The SMILES string of the molecule is Cc1cccc(CNC(=O)On2c(=O)sc3ccccc32)c1. The standard InChI is InChI=1S/C16H14N2O3S/c1-11-5-4-6-12(9-11)10-17-15(19)21-18-13-7-2-3-8-14(13)22-16(18)20/h2-9H,10H2,1H3,(H,17,19). The first-order chi connectivity index (χ1) is 10.6. The largest absolute Gasteiger partial charge is 0.432 e. The van der Waals surface area contributed by atoms with Gasteiger partial charge in [0, 0.05) is 6.54 Å². The molecule has 0 aliphatic carbocycles. The molecule has 0 spiro atoms. The van der Waals surface area contributed by atoms with Crippen molar-refractivity contribution in [3.05, 3.63) is 69.3 Å². The summed E-state index contributed by atoms with van der Waals surface area (Å²) in [6.07, 6.45) is -0.660. The van der Waals surface area contributed by atoms with Gasteiger partial charge in [-0.15, -0.1) is 4.73 Å². The number of rotatable bonds is 3. The van der Waals surface area contributed by atoms with Crippen molar-refractivity contribution in [2.45, 2.75) is 13.5 Å². The van der Waals surface area contributed by atoms with Gasteiger partial charge in [0.1, 0.15) is 5.52 Å². The number of carbonyl (C=O) groups excluding carboxylic acids is 1. The molecule has 5 nitrogen and oxygen atoms in total. The Morgan fingerprint density at radius 2 is 2.05 bits per heavy atom. The average Bonchev–Trinajstić information content (AvgIpc) is 2.81. The van der Waals surface area contributed by atoms with Crippen LogP contribution in [0.25, 0.3) is 10.2 Å². The van der Waals surface area contributed by atoms with E-state index in [1.54, 1.807) is 12.1 Å². The van der Waals surface area contributed by atoms with E-state index in [0.717, 1.165) is 31.9 Å². The summed E-state index contributed by atoms with van der Waals surface area (Å²) in [5, 5.41) is 2.64. The van der Waals surface area contributed by atoms with Crippen LogP contribution in [0.2, 0.25) is 0 Å². The minimum Gasteiger partial charge on any atom is -0.316 e. The van der Waals surface area contributed by atoms with E-state index in [9.17, 15) is 9.59 Å². The van der Waals surface area contributed by atoms with Crippen LogP contribution in [0.1, 0.15) is 11.1 Å². The molecule has 1 amide bonds. The summed E-state index contributed by atoms with van der Waals surface area (Å²) in [6, 6.07) is 15.0. The van der Waals surface area contributed by atoms with Crippen molar-refractivity contribution in [3.8, 4) is 0 Å². The van der Waals surface area contributed by atoms with Crippen LogP contribution < -0.4 is 15.0 Å². The zero-order valence-electron chi connectivity index (χ0n) is 11.9. The first-order valence-corrected chi connectivity index (χ1v) is 7.57. The van der Waals surface area contributed by atoms with Gasteiger partial charge < -0.3 is 10.2 Å². The number of thiazole rings is 1. The quantitative estimate of drug-likeness (QED) is 0.808. The molecule has 22 heavy (non-hydrogen) atoms. The van der Waals surface area contributed by atoms with Crippen LogP contribution in [0.4, 0.5) is 4.79 Å². The van der Waals surface area contributed by atoms with E-state index in [2.05, 4.69) is 5.32 Å². The van der Waals surface area contributed by atoms with Crippen LogP contribution >= 0.6 is 11.3 Å². The van der Waals surface area contributed by atoms with Gasteiger partial charge in [-0.05, 0) is 24.6 Å². The fourth-order valence-electron chi connectivity index (χ4n) is 2.14. The maximum absolute atomic E-state index is 11.9. The molecule has 0 aliphatic heterocycles. The molecule has 0 fully saturated rings. The summed E-state index contributed by atoms with van der Waals surface area (Å²) < 4.78 is 1.80. The van der Waals surface area contributed by atoms with Crippen LogP contribution in [-0.4, -0.2) is 10.8 Å². The van der Waals surface area contributed by atoms with Crippen molar-refractivity contribution >= 4 is 27.6 Å². The Bertz CT molecular complexity index is 882. The van der Waals surface area contributed by atoms with Crippen LogP contribution in [0, 0.1) is 6.92 Å². The van der Waals surface area contributed by atoms with Crippen LogP contribution in [0.3, 0.4) is 0 Å². The predicted octanol–water partition coefficient (Wildman–Crippen LogP) is 2.71. The highest BCUT2D eigenvalue weighted by atomic mass is 32.1. The summed E-state index contributed by atoms with van der Waals surface area (Å²) in [5.41, 5.74) is 2.68. The Kier molecular flexibility index (Phi) is 3.93. The fourth-order valence-corrected chi connectivity index (χ4v) is 2.95. The Labute approximate surface area is 130 Å². The van der Waals surface area contributed by atoms with Gasteiger partial charge in [0.05, 0.1) is 4.70 Å². The molecule has 0 saturated heterocycles. The number of amides is 1. The minimum atomic E-state index is -0.660. The van der Waals surface area contributed by atoms with Crippen molar-refractivity contribution in [2.75, 3.05) is 0 Å². The highest BCUT2D eigenvalue weighted by Gasteiger charge is 2.11. The molecule has 0 bridgehead atoms. The average molecular weight is 314 g/mol. The number of nitrogens with zero attached hydrogens (tertiary/aromatic N) is 1. The molecule has 0 aliphatic rings. The van der Waals surface area contributed by atoms with Gasteiger partial charge >= 0.3 is 11.0 Å². The number of hydrogen-bond acceptors (Lipinski definition) is 4. The van der Waals surface area contributed by atoms with Crippen molar-refractivity contribution in [3.63, 3.8) is 0 Å². The minimum absolute atomic E-state index is 0.327. The lowest BCUT2D eigenvalue weighted by Crippen LogP contribution is -2.35. The summed E-state index contributed by atoms with van der Waals surface area (Å²) in [4.78, 5) is 28.5. The molecule has 6 heteroatoms. The zero-order valence-corrected chi connectivity index (χ0v) is 12.7. The topological polar surface area (TPSA) is 60.3 Å². The van der Waals surface area contributed by atoms with Gasteiger partial charge in [-0.3, -0.25) is 4.79 Å². The Hall–Kier alpha value is -2.60. The maximum atomic E-state index is 11.9. The highest BCUT2D eigenvalue weighted by Crippen LogP contribution is 2.15. The van der Waals surface area contributed by atoms with E-state index in [4.69, 9.17) is 4.84 Å². The monoisotopic (exact) mass is 314 g/mol. The van der Waals surface area contributed by atoms with Gasteiger partial charge in [-0.25, -0.2) is 4.79 Å². The molecular formula is C16H14N2O3S. The number of carbonyl (C=O) groups is 1. The van der Waals surface area contributed by atoms with E-state index in [0.29, 0.717) is 12.1 Å². The molecule has 1 aromatic heterocycles. The third kappa shape index (κ3) is 3.01. The van der Waals surface area contributed by atoms with E-state index >= 15 is 0 Å². The third-order valence-corrected chi connectivity index (χ3v) is 4.05. The van der Waals surface area contributed by atoms with E-state index in [1.165, 1.54) is 0 Å². The second-order valence-corrected chi connectivity index (χ2v) is 5.84. The summed E-state index contributed by atoms with van der Waals surface area (Å²) >= 11 is 1.04. The highest BCUT2D eigenvalue weighted by molar-refractivity contribution is 7.16. The lowest BCUT2D eigenvalue weighted by Gasteiger charge is -2.07. The van der Waals surface area contributed by atoms with Crippen molar-refractivity contribution < 1.29 is 9.63 Å². The van der Waals surface area contributed by atoms with Crippen LogP contribution in [0.5, 0.6) is 0 Å². The summed E-state index contributed by atoms with van der Waals surface area (Å²) in [7, 11) is 0. The van der Waals surface area contributed by atoms with Gasteiger partial charge in [-0.2, -0.15) is 0 Å². The van der Waals surface area contributed by atoms with Crippen LogP contribution in [-0.2, 0) is 6.54 Å². The number of nitrogens with one attached hydrogen (secondary N) is 1. The fraction of sp³-hybridized carbons (Fsp3) is 0.125. The van der Waals surface area contributed by atoms with Gasteiger partial charge in [0.15, 0.2) is 0 Å². The molecule has 0 saturated carbocycles. The second-order valence-electron chi connectivity index (χ2n) is 4.85. The molecule has 0 atom stereocenters. The second kappa shape index (κ2) is 6.03. The van der Waals surface area contributed by atoms with Gasteiger partial charge in [-0.1, -0.05) is 53.3 Å². The zero-order chi connectivity index (χ0) is 15.5. The normalized spacial score (nSPS) is 10.6. The van der Waals surface area contributed by atoms with E-state index in [1.807, 2.05) is 43.3 Å². The summed E-state index contributed by atoms with van der Waals surface area (Å²) in [5.74, 6) is 0. The molecule has 3 rings (SSSR count). The molecule has 0 unspecified atom stereocenters. The number of para-hydroxylation sites is 1. The lowest BCUT2D eigenvalue weighted by atomic mass is 10.1. The number of aryl methyl sites for hydroxylation is 1. The number of fused-ring (bicyclic) bond motifs is 1. The molecule has 2 aromatic carbocycles. The third-order valence-electron chi connectivity index (χ3n) is 3.14. The first kappa shape index (κ1) is 14.3. The predicted molar refractivity (Wildman–Crippen MR) is 86.1 cm³/mol. The Balaban J connectivity index is 1.71. The van der Waals surface area contributed by atoms with Crippen molar-refractivity contribution in [1.82, 2.24) is 10.0 Å². The lowest BCUT2D eigenvalue weighted by molar-refractivity contribution is 0.135. The van der Waals surface area contributed by atoms with Crippen LogP contribution in [0.15, 0.2) is 53.3 Å². The molecule has 3 aromatic rings. The van der Waals surface area contributed by atoms with E-state index in [-0.39, 0.29) is 4.87 Å². The smallest absolute Gasteiger partial charge is 0.316 e. The summed E-state index contributed by atoms with van der Waals surface area (Å²) in [6.45, 7) is 2.33. The van der Waals surface area contributed by atoms with Crippen molar-refractivity contribution in [2.24, 2.45) is 0 Å². The Morgan fingerprint density at radius 3 is 2.86 bits per heavy atom. The van der Waals surface area contributed by atoms with Gasteiger partial charge in [0.2, 0.25) is 0 Å². The number of benzene rings is 2. The van der Waals surface area contributed by atoms with Gasteiger partial charge in [0.25, 0.3) is 0 Å². The first-order valence-electron chi connectivity index (χ1n) is 6.76.